The van der Waals surface area contributed by atoms with E-state index in [4.69, 9.17) is 9.47 Å². The summed E-state index contributed by atoms with van der Waals surface area (Å²) < 4.78 is 18.1. The monoisotopic (exact) mass is 1150 g/mol. The topological polar surface area (TPSA) is 143 Å². The minimum Gasteiger partial charge on any atom is -0.478 e. The van der Waals surface area contributed by atoms with Gasteiger partial charge in [-0.3, -0.25) is 9.97 Å². The van der Waals surface area contributed by atoms with E-state index >= 15 is 0 Å². The Bertz CT molecular complexity index is 3500. The highest BCUT2D eigenvalue weighted by molar-refractivity contribution is 9.10. The number of aromatic carboxylic acids is 1. The number of esters is 2. The predicted octanol–water partition coefficient (Wildman–Crippen LogP) is 15.5. The maximum atomic E-state index is 11.9. The van der Waals surface area contributed by atoms with Crippen molar-refractivity contribution in [2.75, 3.05) is 14.2 Å². The second-order valence-electron chi connectivity index (χ2n) is 19.9. The van der Waals surface area contributed by atoms with Crippen LogP contribution in [0.25, 0.3) is 55.5 Å². The SMILES string of the molecule is Brc1ccccn1.COC(=O)c1ccc2c(C3CCCC3)c(-c3ccccn3)n(C)c2c1.COC(=O)c1ccc2c(C3CCCC3)c(Br)n(C)c2c1.Cn1c(-c2ccccn2)c(C2CCCC2)c2ccc(C(=O)O)cc21. The standard InChI is InChI=1S/C21H22N2O2.C20H20N2O2.C16H18BrNO2.C5H4BrN/c1-23-18-13-15(21(24)25-2)10-11-16(18)19(14-7-3-4-8-14)20(23)17-9-5-6-12-22-17;1-22-17-12-14(20(23)24)9-10-15(17)18(13-6-2-3-7-13)19(22)16-8-4-5-11-21-16;1-18-13-9-11(16(19)20-2)7-8-12(13)14(15(18)17)10-5-3-4-6-10;6-5-3-1-2-4-7-5/h5-6,9-14H,3-4,7-8H2,1-2H3;4-5,8-13H,2-3,6-7H2,1H3,(H,23,24);7-10H,3-6H2,1-2H3;1-4H. The molecule has 0 unspecified atom stereocenters. The highest BCUT2D eigenvalue weighted by Crippen LogP contribution is 2.47. The second kappa shape index (κ2) is 24.4. The first-order valence-electron chi connectivity index (χ1n) is 26.2. The Kier molecular flexibility index (Phi) is 17.3. The molecule has 3 aliphatic rings. The summed E-state index contributed by atoms with van der Waals surface area (Å²) in [6.45, 7) is 0. The van der Waals surface area contributed by atoms with Crippen LogP contribution in [-0.2, 0) is 30.6 Å². The molecule has 0 atom stereocenters. The average molecular weight is 1150 g/mol. The Morgan fingerprint density at radius 1 is 0.487 bits per heavy atom. The van der Waals surface area contributed by atoms with Crippen LogP contribution in [0.15, 0.2) is 137 Å². The Hall–Kier alpha value is -6.90. The maximum Gasteiger partial charge on any atom is 0.337 e. The van der Waals surface area contributed by atoms with E-state index in [-0.39, 0.29) is 11.9 Å². The number of hydrogen-bond donors (Lipinski definition) is 1. The third-order valence-corrected chi connectivity index (χ3v) is 16.9. The summed E-state index contributed by atoms with van der Waals surface area (Å²) in [5, 5.41) is 13.0. The number of pyridine rings is 3. The molecule has 0 amide bonds. The van der Waals surface area contributed by atoms with Crippen molar-refractivity contribution in [1.82, 2.24) is 28.7 Å². The quantitative estimate of drug-likeness (QED) is 0.116. The van der Waals surface area contributed by atoms with E-state index in [0.717, 1.165) is 48.2 Å². The molecule has 3 aromatic carbocycles. The van der Waals surface area contributed by atoms with Crippen LogP contribution in [0, 0.1) is 0 Å². The van der Waals surface area contributed by atoms with Gasteiger partial charge in [-0.25, -0.2) is 19.4 Å². The van der Waals surface area contributed by atoms with E-state index in [0.29, 0.717) is 34.4 Å². The fourth-order valence-electron chi connectivity index (χ4n) is 11.8. The van der Waals surface area contributed by atoms with Gasteiger partial charge in [0.1, 0.15) is 4.60 Å². The van der Waals surface area contributed by atoms with Gasteiger partial charge < -0.3 is 28.3 Å². The van der Waals surface area contributed by atoms with Crippen LogP contribution in [0.3, 0.4) is 0 Å². The lowest BCUT2D eigenvalue weighted by molar-refractivity contribution is 0.0592. The smallest absolute Gasteiger partial charge is 0.337 e. The average Bonchev–Trinajstić information content (AvgIpc) is 4.40. The van der Waals surface area contributed by atoms with Crippen molar-refractivity contribution < 1.29 is 29.0 Å². The summed E-state index contributed by atoms with van der Waals surface area (Å²) in [6.07, 6.45) is 20.4. The van der Waals surface area contributed by atoms with E-state index in [9.17, 15) is 19.5 Å². The van der Waals surface area contributed by atoms with Crippen molar-refractivity contribution in [2.45, 2.75) is 94.8 Å². The number of carbonyl (C=O) groups excluding carboxylic acids is 2. The lowest BCUT2D eigenvalue weighted by Crippen LogP contribution is -2.01. The van der Waals surface area contributed by atoms with Crippen molar-refractivity contribution in [2.24, 2.45) is 21.1 Å². The van der Waals surface area contributed by atoms with Gasteiger partial charge in [-0.2, -0.15) is 0 Å². The van der Waals surface area contributed by atoms with Crippen LogP contribution in [-0.4, -0.2) is 65.9 Å². The maximum absolute atomic E-state index is 11.9. The molecular formula is C62H64Br2N6O6. The van der Waals surface area contributed by atoms with Gasteiger partial charge in [-0.1, -0.05) is 74.9 Å². The Balaban J connectivity index is 0.000000131. The van der Waals surface area contributed by atoms with E-state index < -0.39 is 5.97 Å². The van der Waals surface area contributed by atoms with Gasteiger partial charge in [0.05, 0.1) is 58.3 Å². The first-order chi connectivity index (χ1) is 36.9. The zero-order valence-electron chi connectivity index (χ0n) is 43.8. The number of aryl methyl sites for hydroxylation is 3. The lowest BCUT2D eigenvalue weighted by atomic mass is 9.93. The molecule has 6 aromatic heterocycles. The molecule has 392 valence electrons. The molecule has 0 saturated heterocycles. The molecular weight excluding hydrogens is 1080 g/mol. The molecule has 0 aliphatic heterocycles. The number of nitrogens with zero attached hydrogens (tertiary/aromatic N) is 6. The molecule has 0 spiro atoms. The number of rotatable bonds is 8. The molecule has 12 nitrogen and oxygen atoms in total. The Labute approximate surface area is 460 Å². The van der Waals surface area contributed by atoms with Gasteiger partial charge in [0.15, 0.2) is 0 Å². The molecule has 76 heavy (non-hydrogen) atoms. The van der Waals surface area contributed by atoms with Crippen molar-refractivity contribution in [3.63, 3.8) is 0 Å². The van der Waals surface area contributed by atoms with Crippen LogP contribution in [0.2, 0.25) is 0 Å². The fourth-order valence-corrected chi connectivity index (χ4v) is 12.8. The van der Waals surface area contributed by atoms with Crippen LogP contribution in [0.4, 0.5) is 0 Å². The largest absolute Gasteiger partial charge is 0.478 e. The number of ether oxygens (including phenoxy) is 2. The zero-order valence-corrected chi connectivity index (χ0v) is 46.9. The minimum atomic E-state index is -0.889. The summed E-state index contributed by atoms with van der Waals surface area (Å²) in [5.41, 5.74) is 13.0. The summed E-state index contributed by atoms with van der Waals surface area (Å²) in [7, 11) is 8.94. The lowest BCUT2D eigenvalue weighted by Gasteiger charge is -2.13. The number of carboxylic acids is 1. The second-order valence-corrected chi connectivity index (χ2v) is 21.5. The number of aromatic nitrogens is 6. The van der Waals surface area contributed by atoms with Crippen LogP contribution < -0.4 is 0 Å². The highest BCUT2D eigenvalue weighted by Gasteiger charge is 2.30. The number of carbonyl (C=O) groups is 3. The van der Waals surface area contributed by atoms with Crippen LogP contribution in [0.1, 0.15) is 143 Å². The van der Waals surface area contributed by atoms with Crippen molar-refractivity contribution >= 4 is 82.5 Å². The normalized spacial score (nSPS) is 14.7. The molecule has 6 heterocycles. The molecule has 0 radical (unpaired) electrons. The molecule has 12 rings (SSSR count). The van der Waals surface area contributed by atoms with Crippen molar-refractivity contribution in [3.8, 4) is 22.8 Å². The third kappa shape index (κ3) is 11.3. The van der Waals surface area contributed by atoms with Gasteiger partial charge in [0.25, 0.3) is 0 Å². The molecule has 14 heteroatoms. The molecule has 3 fully saturated rings. The number of methoxy groups -OCH3 is 2. The molecule has 3 aliphatic carbocycles. The van der Waals surface area contributed by atoms with E-state index in [1.807, 2.05) is 105 Å². The van der Waals surface area contributed by atoms with Gasteiger partial charge in [0.2, 0.25) is 0 Å². The predicted molar refractivity (Wildman–Crippen MR) is 308 cm³/mol. The summed E-state index contributed by atoms with van der Waals surface area (Å²) >= 11 is 6.93. The first kappa shape index (κ1) is 53.9. The minimum absolute atomic E-state index is 0.286. The van der Waals surface area contributed by atoms with Crippen molar-refractivity contribution in [1.29, 1.82) is 0 Å². The molecule has 9 aromatic rings. The number of halogens is 2. The summed E-state index contributed by atoms with van der Waals surface area (Å²) in [4.78, 5) is 48.0. The van der Waals surface area contributed by atoms with E-state index in [1.165, 1.54) is 124 Å². The van der Waals surface area contributed by atoms with Crippen molar-refractivity contribution in [3.05, 3.63) is 170 Å². The molecule has 0 bridgehead atoms. The van der Waals surface area contributed by atoms with E-state index in [1.54, 1.807) is 18.3 Å². The number of benzene rings is 3. The number of hydrogen-bond acceptors (Lipinski definition) is 8. The summed E-state index contributed by atoms with van der Waals surface area (Å²) in [6, 6.07) is 34.9. The number of carboxylic acid groups (broad SMARTS) is 1. The van der Waals surface area contributed by atoms with Gasteiger partial charge in [-0.05, 0) is 178 Å². The Morgan fingerprint density at radius 2 is 0.855 bits per heavy atom. The fraction of sp³-hybridized carbons (Fsp3) is 0.323. The van der Waals surface area contributed by atoms with Crippen LogP contribution in [0.5, 0.6) is 0 Å². The molecule has 1 N–H and O–H groups in total. The van der Waals surface area contributed by atoms with E-state index in [2.05, 4.69) is 85.8 Å². The summed E-state index contributed by atoms with van der Waals surface area (Å²) in [5.74, 6) is 0.250. The zero-order chi connectivity index (χ0) is 53.5. The Morgan fingerprint density at radius 3 is 1.21 bits per heavy atom. The third-order valence-electron chi connectivity index (χ3n) is 15.5. The highest BCUT2D eigenvalue weighted by atomic mass is 79.9. The van der Waals surface area contributed by atoms with Gasteiger partial charge >= 0.3 is 17.9 Å². The number of fused-ring (bicyclic) bond motifs is 3. The van der Waals surface area contributed by atoms with Gasteiger partial charge in [0, 0.05) is 72.4 Å². The van der Waals surface area contributed by atoms with Crippen LogP contribution >= 0.6 is 31.9 Å². The van der Waals surface area contributed by atoms with Gasteiger partial charge in [-0.15, -0.1) is 0 Å². The molecule has 3 saturated carbocycles. The first-order valence-corrected chi connectivity index (χ1v) is 27.8.